The zero-order chi connectivity index (χ0) is 18.9. The van der Waals surface area contributed by atoms with E-state index in [1.807, 2.05) is 17.5 Å². The van der Waals surface area contributed by atoms with Crippen LogP contribution >= 0.6 is 22.7 Å². The number of guanidine groups is 1. The first kappa shape index (κ1) is 18.1. The summed E-state index contributed by atoms with van der Waals surface area (Å²) in [6.07, 6.45) is 2.27. The first-order valence-corrected chi connectivity index (χ1v) is 12.0. The normalized spacial score (nSPS) is 14.5. The molecule has 0 saturated heterocycles. The van der Waals surface area contributed by atoms with Crippen molar-refractivity contribution in [1.82, 2.24) is 10.3 Å². The summed E-state index contributed by atoms with van der Waals surface area (Å²) in [5, 5.41) is 11.3. The Labute approximate surface area is 165 Å². The van der Waals surface area contributed by atoms with Gasteiger partial charge in [0.15, 0.2) is 20.9 Å². The molecule has 0 bridgehead atoms. The first-order chi connectivity index (χ1) is 13.0. The summed E-state index contributed by atoms with van der Waals surface area (Å²) in [6, 6.07) is 9.05. The summed E-state index contributed by atoms with van der Waals surface area (Å²) in [4.78, 5) is 10.4. The molecule has 0 radical (unpaired) electrons. The lowest BCUT2D eigenvalue weighted by Gasteiger charge is -2.14. The number of thiazole rings is 1. The van der Waals surface area contributed by atoms with E-state index >= 15 is 0 Å². The van der Waals surface area contributed by atoms with Gasteiger partial charge in [-0.15, -0.1) is 22.7 Å². The van der Waals surface area contributed by atoms with Crippen molar-refractivity contribution in [2.75, 3.05) is 24.7 Å². The van der Waals surface area contributed by atoms with E-state index < -0.39 is 9.84 Å². The van der Waals surface area contributed by atoms with Crippen molar-refractivity contribution in [1.29, 1.82) is 0 Å². The molecule has 140 valence electrons. The SMILES string of the molecule is CS(=O)(=O)c1ccc(-c2cc(-c3csc(NC4=NCCCN4)n3)cs2)cc1. The summed E-state index contributed by atoms with van der Waals surface area (Å²) in [5.41, 5.74) is 2.95. The number of rotatable bonds is 4. The van der Waals surface area contributed by atoms with Crippen molar-refractivity contribution in [2.24, 2.45) is 4.99 Å². The van der Waals surface area contributed by atoms with E-state index in [-0.39, 0.29) is 0 Å². The summed E-state index contributed by atoms with van der Waals surface area (Å²) in [6.45, 7) is 1.76. The summed E-state index contributed by atoms with van der Waals surface area (Å²) >= 11 is 3.16. The van der Waals surface area contributed by atoms with Gasteiger partial charge in [-0.25, -0.2) is 13.4 Å². The standard InChI is InChI=1S/C18H18N4O2S3/c1-27(23,24)14-5-3-12(4-6-14)16-9-13(10-25-16)15-11-26-18(21-15)22-17-19-7-2-8-20-17/h3-6,9-11H,2,7-8H2,1H3,(H2,19,20,21,22). The van der Waals surface area contributed by atoms with Crippen LogP contribution in [0, 0.1) is 0 Å². The quantitative estimate of drug-likeness (QED) is 0.675. The van der Waals surface area contributed by atoms with Gasteiger partial charge < -0.3 is 10.6 Å². The monoisotopic (exact) mass is 418 g/mol. The molecule has 0 fully saturated rings. The third-order valence-electron chi connectivity index (χ3n) is 4.09. The van der Waals surface area contributed by atoms with Gasteiger partial charge in [0.05, 0.1) is 10.6 Å². The Balaban J connectivity index is 1.52. The highest BCUT2D eigenvalue weighted by Crippen LogP contribution is 2.34. The van der Waals surface area contributed by atoms with E-state index in [1.54, 1.807) is 34.8 Å². The second-order valence-electron chi connectivity index (χ2n) is 6.17. The molecule has 9 heteroatoms. The number of thiophene rings is 1. The number of sulfone groups is 1. The first-order valence-electron chi connectivity index (χ1n) is 8.39. The Morgan fingerprint density at radius 2 is 1.93 bits per heavy atom. The summed E-state index contributed by atoms with van der Waals surface area (Å²) in [7, 11) is -3.18. The van der Waals surface area contributed by atoms with Gasteiger partial charge in [-0.2, -0.15) is 0 Å². The van der Waals surface area contributed by atoms with Crippen LogP contribution < -0.4 is 10.6 Å². The fourth-order valence-electron chi connectivity index (χ4n) is 2.67. The number of nitrogens with one attached hydrogen (secondary N) is 2. The molecule has 0 saturated carbocycles. The lowest BCUT2D eigenvalue weighted by Crippen LogP contribution is -2.35. The Kier molecular flexibility index (Phi) is 4.98. The number of hydrogen-bond donors (Lipinski definition) is 2. The molecule has 0 aliphatic carbocycles. The van der Waals surface area contributed by atoms with Gasteiger partial charge in [-0.05, 0) is 30.2 Å². The van der Waals surface area contributed by atoms with Crippen LogP contribution in [0.5, 0.6) is 0 Å². The highest BCUT2D eigenvalue weighted by atomic mass is 32.2. The van der Waals surface area contributed by atoms with Crippen molar-refractivity contribution >= 4 is 43.6 Å². The highest BCUT2D eigenvalue weighted by Gasteiger charge is 2.12. The predicted molar refractivity (Wildman–Crippen MR) is 113 cm³/mol. The molecule has 3 aromatic rings. The van der Waals surface area contributed by atoms with E-state index in [9.17, 15) is 8.42 Å². The maximum absolute atomic E-state index is 11.6. The zero-order valence-electron chi connectivity index (χ0n) is 14.6. The van der Waals surface area contributed by atoms with E-state index in [2.05, 4.69) is 32.1 Å². The predicted octanol–water partition coefficient (Wildman–Crippen LogP) is 3.70. The number of aromatic nitrogens is 1. The van der Waals surface area contributed by atoms with Crippen LogP contribution in [-0.4, -0.2) is 38.7 Å². The molecule has 6 nitrogen and oxygen atoms in total. The van der Waals surface area contributed by atoms with Crippen LogP contribution in [0.25, 0.3) is 21.7 Å². The van der Waals surface area contributed by atoms with Gasteiger partial charge in [0.25, 0.3) is 0 Å². The lowest BCUT2D eigenvalue weighted by atomic mass is 10.1. The molecule has 4 rings (SSSR count). The van der Waals surface area contributed by atoms with E-state index in [0.717, 1.165) is 52.3 Å². The molecule has 1 aromatic carbocycles. The molecule has 0 spiro atoms. The third-order valence-corrected chi connectivity index (χ3v) is 6.95. The van der Waals surface area contributed by atoms with Gasteiger partial charge in [0.2, 0.25) is 0 Å². The van der Waals surface area contributed by atoms with Crippen molar-refractivity contribution in [3.8, 4) is 21.7 Å². The van der Waals surface area contributed by atoms with Crippen molar-refractivity contribution in [2.45, 2.75) is 11.3 Å². The Bertz CT molecular complexity index is 1080. The number of hydrogen-bond acceptors (Lipinski definition) is 8. The second kappa shape index (κ2) is 7.41. The van der Waals surface area contributed by atoms with Crippen LogP contribution in [0.15, 0.2) is 51.0 Å². The van der Waals surface area contributed by atoms with Gasteiger partial charge in [-0.3, -0.25) is 4.99 Å². The number of anilines is 1. The van der Waals surface area contributed by atoms with Gasteiger partial charge >= 0.3 is 0 Å². The van der Waals surface area contributed by atoms with Crippen LogP contribution in [0.1, 0.15) is 6.42 Å². The Morgan fingerprint density at radius 1 is 1.11 bits per heavy atom. The molecule has 0 amide bonds. The fraction of sp³-hybridized carbons (Fsp3) is 0.222. The van der Waals surface area contributed by atoms with Gasteiger partial charge in [0.1, 0.15) is 0 Å². The van der Waals surface area contributed by atoms with Crippen LogP contribution in [0.3, 0.4) is 0 Å². The summed E-state index contributed by atoms with van der Waals surface area (Å²) in [5.74, 6) is 0.777. The molecule has 1 aliphatic rings. The van der Waals surface area contributed by atoms with E-state index in [4.69, 9.17) is 0 Å². The van der Waals surface area contributed by atoms with Gasteiger partial charge in [-0.1, -0.05) is 12.1 Å². The third kappa shape index (κ3) is 4.20. The maximum atomic E-state index is 11.6. The second-order valence-corrected chi connectivity index (χ2v) is 9.95. The molecule has 0 unspecified atom stereocenters. The van der Waals surface area contributed by atoms with Crippen LogP contribution in [0.4, 0.5) is 5.13 Å². The smallest absolute Gasteiger partial charge is 0.197 e. The van der Waals surface area contributed by atoms with Crippen molar-refractivity contribution < 1.29 is 8.42 Å². The molecule has 1 aliphatic heterocycles. The molecular formula is C18H18N4O2S3. The van der Waals surface area contributed by atoms with E-state index in [1.165, 1.54) is 6.26 Å². The lowest BCUT2D eigenvalue weighted by molar-refractivity contribution is 0.602. The average molecular weight is 419 g/mol. The molecule has 0 atom stereocenters. The highest BCUT2D eigenvalue weighted by molar-refractivity contribution is 7.90. The molecule has 2 aromatic heterocycles. The molecular weight excluding hydrogens is 400 g/mol. The zero-order valence-corrected chi connectivity index (χ0v) is 17.0. The topological polar surface area (TPSA) is 83.5 Å². The van der Waals surface area contributed by atoms with Crippen molar-refractivity contribution in [3.05, 3.63) is 41.1 Å². The molecule has 2 N–H and O–H groups in total. The summed E-state index contributed by atoms with van der Waals surface area (Å²) < 4.78 is 23.2. The number of nitrogens with zero attached hydrogens (tertiary/aromatic N) is 2. The largest absolute Gasteiger partial charge is 0.356 e. The minimum Gasteiger partial charge on any atom is -0.356 e. The molecule has 27 heavy (non-hydrogen) atoms. The van der Waals surface area contributed by atoms with Crippen LogP contribution in [-0.2, 0) is 9.84 Å². The van der Waals surface area contributed by atoms with Crippen LogP contribution in [0.2, 0.25) is 0 Å². The minimum atomic E-state index is -3.18. The fourth-order valence-corrected chi connectivity index (χ4v) is 4.93. The minimum absolute atomic E-state index is 0.331. The van der Waals surface area contributed by atoms with Gasteiger partial charge in [0, 0.05) is 40.5 Å². The average Bonchev–Trinajstić information content (AvgIpc) is 3.31. The van der Waals surface area contributed by atoms with E-state index in [0.29, 0.717) is 4.90 Å². The maximum Gasteiger partial charge on any atom is 0.197 e. The number of benzene rings is 1. The van der Waals surface area contributed by atoms with Crippen molar-refractivity contribution in [3.63, 3.8) is 0 Å². The Morgan fingerprint density at radius 3 is 2.63 bits per heavy atom. The Hall–Kier alpha value is -2.23. The number of aliphatic imine (C=N–C) groups is 1. The molecule has 3 heterocycles.